The highest BCUT2D eigenvalue weighted by Gasteiger charge is 2.39. The summed E-state index contributed by atoms with van der Waals surface area (Å²) < 4.78 is 0. The van der Waals surface area contributed by atoms with Crippen LogP contribution < -0.4 is 9.80 Å². The molecule has 1 heterocycles. The summed E-state index contributed by atoms with van der Waals surface area (Å²) in [6.45, 7) is 11.6. The molecule has 2 aromatic carbocycles. The van der Waals surface area contributed by atoms with Crippen molar-refractivity contribution in [2.45, 2.75) is 52.9 Å². The van der Waals surface area contributed by atoms with E-state index in [1.165, 1.54) is 11.1 Å². The lowest BCUT2D eigenvalue weighted by molar-refractivity contribution is -0.124. The molecule has 1 fully saturated rings. The second-order valence-corrected chi connectivity index (χ2v) is 8.42. The predicted molar refractivity (Wildman–Crippen MR) is 120 cm³/mol. The number of hydrogen-bond acceptors (Lipinski definition) is 2. The van der Waals surface area contributed by atoms with Gasteiger partial charge in [-0.25, -0.2) is 0 Å². The molecular formula is C25H32N2O2. The monoisotopic (exact) mass is 392 g/mol. The Balaban J connectivity index is 1.92. The summed E-state index contributed by atoms with van der Waals surface area (Å²) in [4.78, 5) is 30.0. The summed E-state index contributed by atoms with van der Waals surface area (Å²) in [7, 11) is 0. The van der Waals surface area contributed by atoms with Crippen molar-refractivity contribution < 1.29 is 9.59 Å². The maximum absolute atomic E-state index is 13.3. The van der Waals surface area contributed by atoms with Gasteiger partial charge in [0.15, 0.2) is 0 Å². The molecule has 4 nitrogen and oxygen atoms in total. The Hall–Kier alpha value is -2.62. The van der Waals surface area contributed by atoms with Crippen molar-refractivity contribution in [3.63, 3.8) is 0 Å². The van der Waals surface area contributed by atoms with Gasteiger partial charge in [0.05, 0.1) is 11.6 Å². The Morgan fingerprint density at radius 3 is 2.10 bits per heavy atom. The van der Waals surface area contributed by atoms with Crippen LogP contribution in [0.2, 0.25) is 0 Å². The molecule has 1 unspecified atom stereocenters. The van der Waals surface area contributed by atoms with Crippen LogP contribution in [0.1, 0.15) is 64.0 Å². The van der Waals surface area contributed by atoms with Gasteiger partial charge in [0.2, 0.25) is 11.8 Å². The Labute approximate surface area is 174 Å². The number of benzene rings is 2. The van der Waals surface area contributed by atoms with Gasteiger partial charge in [-0.3, -0.25) is 9.59 Å². The lowest BCUT2D eigenvalue weighted by Gasteiger charge is -2.28. The molecule has 0 N–H and O–H groups in total. The molecule has 0 aliphatic carbocycles. The smallest absolute Gasteiger partial charge is 0.232 e. The van der Waals surface area contributed by atoms with Crippen molar-refractivity contribution in [1.29, 1.82) is 0 Å². The minimum atomic E-state index is -0.317. The SMILES string of the molecule is CCN(C(=O)C1CC(=O)N(c2c(C(C)C)cccc2C(C)C)C1)c1ccccc1. The van der Waals surface area contributed by atoms with Crippen LogP contribution in [-0.2, 0) is 9.59 Å². The molecule has 0 spiro atoms. The van der Waals surface area contributed by atoms with Crippen LogP contribution in [0.4, 0.5) is 11.4 Å². The van der Waals surface area contributed by atoms with Gasteiger partial charge < -0.3 is 9.80 Å². The number of carbonyl (C=O) groups is 2. The number of rotatable bonds is 6. The largest absolute Gasteiger partial charge is 0.312 e. The Morgan fingerprint density at radius 1 is 1.00 bits per heavy atom. The van der Waals surface area contributed by atoms with Gasteiger partial charge in [0, 0.05) is 25.2 Å². The molecule has 1 aliphatic heterocycles. The minimum absolute atomic E-state index is 0.0303. The van der Waals surface area contributed by atoms with E-state index >= 15 is 0 Å². The van der Waals surface area contributed by atoms with Crippen LogP contribution in [0.15, 0.2) is 48.5 Å². The van der Waals surface area contributed by atoms with Gasteiger partial charge in [0.1, 0.15) is 0 Å². The molecule has 2 aromatic rings. The van der Waals surface area contributed by atoms with E-state index in [4.69, 9.17) is 0 Å². The fourth-order valence-electron chi connectivity index (χ4n) is 4.21. The third kappa shape index (κ3) is 4.21. The Morgan fingerprint density at radius 2 is 1.59 bits per heavy atom. The predicted octanol–water partition coefficient (Wildman–Crippen LogP) is 5.34. The Bertz CT molecular complexity index is 847. The highest BCUT2D eigenvalue weighted by Crippen LogP contribution is 2.38. The summed E-state index contributed by atoms with van der Waals surface area (Å²) >= 11 is 0. The zero-order valence-electron chi connectivity index (χ0n) is 18.2. The third-order valence-corrected chi connectivity index (χ3v) is 5.74. The molecule has 4 heteroatoms. The molecule has 2 amide bonds. The van der Waals surface area contributed by atoms with Crippen molar-refractivity contribution in [2.75, 3.05) is 22.9 Å². The number of carbonyl (C=O) groups excluding carboxylic acids is 2. The molecule has 0 radical (unpaired) electrons. The molecule has 154 valence electrons. The van der Waals surface area contributed by atoms with Gasteiger partial charge in [0.25, 0.3) is 0 Å². The topological polar surface area (TPSA) is 40.6 Å². The number of amides is 2. The van der Waals surface area contributed by atoms with E-state index in [-0.39, 0.29) is 24.2 Å². The van der Waals surface area contributed by atoms with Crippen LogP contribution in [0.25, 0.3) is 0 Å². The highest BCUT2D eigenvalue weighted by molar-refractivity contribution is 6.05. The summed E-state index contributed by atoms with van der Waals surface area (Å²) in [5.74, 6) is 0.374. The average Bonchev–Trinajstić information content (AvgIpc) is 3.10. The number of para-hydroxylation sites is 2. The van der Waals surface area contributed by atoms with Crippen LogP contribution in [0.3, 0.4) is 0 Å². The first-order valence-corrected chi connectivity index (χ1v) is 10.6. The first kappa shape index (κ1) is 21.1. The lowest BCUT2D eigenvalue weighted by Crippen LogP contribution is -2.37. The Kier molecular flexibility index (Phi) is 6.41. The van der Waals surface area contributed by atoms with E-state index in [0.29, 0.717) is 24.9 Å². The minimum Gasteiger partial charge on any atom is -0.312 e. The van der Waals surface area contributed by atoms with Crippen LogP contribution in [0, 0.1) is 5.92 Å². The summed E-state index contributed by atoms with van der Waals surface area (Å²) in [5.41, 5.74) is 4.25. The second-order valence-electron chi connectivity index (χ2n) is 8.42. The van der Waals surface area contributed by atoms with E-state index in [9.17, 15) is 9.59 Å². The van der Waals surface area contributed by atoms with E-state index in [2.05, 4.69) is 45.9 Å². The van der Waals surface area contributed by atoms with Crippen molar-refractivity contribution in [1.82, 2.24) is 0 Å². The molecule has 0 saturated carbocycles. The summed E-state index contributed by atoms with van der Waals surface area (Å²) in [6.07, 6.45) is 0.270. The van der Waals surface area contributed by atoms with Crippen LogP contribution in [0.5, 0.6) is 0 Å². The zero-order chi connectivity index (χ0) is 21.1. The average molecular weight is 393 g/mol. The molecule has 0 bridgehead atoms. The normalized spacial score (nSPS) is 16.7. The van der Waals surface area contributed by atoms with Crippen molar-refractivity contribution in [2.24, 2.45) is 5.92 Å². The first-order chi connectivity index (χ1) is 13.8. The summed E-state index contributed by atoms with van der Waals surface area (Å²) in [6, 6.07) is 16.0. The molecule has 1 atom stereocenters. The van der Waals surface area contributed by atoms with Crippen LogP contribution in [-0.4, -0.2) is 24.9 Å². The molecular weight excluding hydrogens is 360 g/mol. The van der Waals surface area contributed by atoms with Gasteiger partial charge in [-0.2, -0.15) is 0 Å². The van der Waals surface area contributed by atoms with Gasteiger partial charge in [-0.05, 0) is 42.0 Å². The number of nitrogens with zero attached hydrogens (tertiary/aromatic N) is 2. The molecule has 0 aromatic heterocycles. The van der Waals surface area contributed by atoms with Gasteiger partial charge >= 0.3 is 0 Å². The van der Waals surface area contributed by atoms with E-state index < -0.39 is 0 Å². The summed E-state index contributed by atoms with van der Waals surface area (Å²) in [5, 5.41) is 0. The maximum atomic E-state index is 13.3. The molecule has 1 saturated heterocycles. The fraction of sp³-hybridized carbons (Fsp3) is 0.440. The maximum Gasteiger partial charge on any atom is 0.232 e. The molecule has 3 rings (SSSR count). The van der Waals surface area contributed by atoms with Crippen LogP contribution >= 0.6 is 0 Å². The van der Waals surface area contributed by atoms with E-state index in [0.717, 1.165) is 11.4 Å². The molecule has 29 heavy (non-hydrogen) atoms. The standard InChI is InChI=1S/C25H32N2O2/c1-6-26(20-11-8-7-9-12-20)25(29)19-15-23(28)27(16-19)24-21(17(2)3)13-10-14-22(24)18(4)5/h7-14,17-19H,6,15-16H2,1-5H3. The number of hydrogen-bond donors (Lipinski definition) is 0. The quantitative estimate of drug-likeness (QED) is 0.666. The molecule has 1 aliphatic rings. The van der Waals surface area contributed by atoms with Gasteiger partial charge in [-0.1, -0.05) is 64.1 Å². The zero-order valence-corrected chi connectivity index (χ0v) is 18.2. The van der Waals surface area contributed by atoms with E-state index in [1.807, 2.05) is 42.2 Å². The second kappa shape index (κ2) is 8.81. The van der Waals surface area contributed by atoms with Crippen molar-refractivity contribution in [3.05, 3.63) is 59.7 Å². The van der Waals surface area contributed by atoms with Crippen molar-refractivity contribution >= 4 is 23.2 Å². The highest BCUT2D eigenvalue weighted by atomic mass is 16.2. The van der Waals surface area contributed by atoms with E-state index in [1.54, 1.807) is 4.90 Å². The first-order valence-electron chi connectivity index (χ1n) is 10.6. The number of anilines is 2. The van der Waals surface area contributed by atoms with Gasteiger partial charge in [-0.15, -0.1) is 0 Å². The fourth-order valence-corrected chi connectivity index (χ4v) is 4.21. The lowest BCUT2D eigenvalue weighted by atomic mass is 9.92. The van der Waals surface area contributed by atoms with Crippen molar-refractivity contribution in [3.8, 4) is 0 Å². The third-order valence-electron chi connectivity index (χ3n) is 5.74.